The molecule has 2 rings (SSSR count). The molecule has 0 radical (unpaired) electrons. The van der Waals surface area contributed by atoms with Crippen molar-refractivity contribution < 1.29 is 4.79 Å². The Kier molecular flexibility index (Phi) is 2.12. The van der Waals surface area contributed by atoms with E-state index in [2.05, 4.69) is 4.98 Å². The lowest BCUT2D eigenvalue weighted by Crippen LogP contribution is -1.98. The van der Waals surface area contributed by atoms with Crippen LogP contribution in [0.3, 0.4) is 0 Å². The van der Waals surface area contributed by atoms with Gasteiger partial charge in [0.05, 0.1) is 4.88 Å². The molecule has 0 aliphatic rings. The van der Waals surface area contributed by atoms with Crippen molar-refractivity contribution in [3.8, 4) is 0 Å². The molecular formula is C8H6N2OS2. The monoisotopic (exact) mass is 210 g/mol. The van der Waals surface area contributed by atoms with Crippen LogP contribution in [-0.2, 0) is 0 Å². The third kappa shape index (κ3) is 1.61. The molecule has 0 amide bonds. The molecule has 2 aromatic heterocycles. The third-order valence-corrected chi connectivity index (χ3v) is 3.04. The van der Waals surface area contributed by atoms with Crippen molar-refractivity contribution in [1.82, 2.24) is 4.98 Å². The van der Waals surface area contributed by atoms with Gasteiger partial charge in [0.1, 0.15) is 5.69 Å². The number of nitrogens with zero attached hydrogens (tertiary/aromatic N) is 1. The third-order valence-electron chi connectivity index (χ3n) is 1.50. The first kappa shape index (κ1) is 8.40. The van der Waals surface area contributed by atoms with Crippen LogP contribution in [0.25, 0.3) is 0 Å². The van der Waals surface area contributed by atoms with E-state index >= 15 is 0 Å². The van der Waals surface area contributed by atoms with Gasteiger partial charge < -0.3 is 5.73 Å². The van der Waals surface area contributed by atoms with Crippen molar-refractivity contribution in [2.45, 2.75) is 0 Å². The molecule has 13 heavy (non-hydrogen) atoms. The molecule has 0 saturated heterocycles. The number of carbonyl (C=O) groups excluding carboxylic acids is 1. The van der Waals surface area contributed by atoms with Gasteiger partial charge in [-0.2, -0.15) is 0 Å². The summed E-state index contributed by atoms with van der Waals surface area (Å²) in [6.45, 7) is 0. The maximum absolute atomic E-state index is 11.6. The minimum Gasteiger partial charge on any atom is -0.375 e. The van der Waals surface area contributed by atoms with E-state index < -0.39 is 0 Å². The number of aromatic nitrogens is 1. The SMILES string of the molecule is Nc1nc(C(=O)c2cccs2)cs1. The van der Waals surface area contributed by atoms with Gasteiger partial charge >= 0.3 is 0 Å². The number of ketones is 1. The summed E-state index contributed by atoms with van der Waals surface area (Å²) in [5, 5.41) is 3.97. The van der Waals surface area contributed by atoms with Crippen LogP contribution in [0.15, 0.2) is 22.9 Å². The highest BCUT2D eigenvalue weighted by molar-refractivity contribution is 7.14. The van der Waals surface area contributed by atoms with Gasteiger partial charge in [0.25, 0.3) is 0 Å². The molecule has 0 aliphatic carbocycles. The fourth-order valence-electron chi connectivity index (χ4n) is 0.926. The van der Waals surface area contributed by atoms with Gasteiger partial charge in [-0.1, -0.05) is 6.07 Å². The fraction of sp³-hybridized carbons (Fsp3) is 0. The molecule has 5 heteroatoms. The molecule has 3 nitrogen and oxygen atoms in total. The van der Waals surface area contributed by atoms with Crippen molar-refractivity contribution in [2.75, 3.05) is 5.73 Å². The number of rotatable bonds is 2. The zero-order chi connectivity index (χ0) is 9.26. The lowest BCUT2D eigenvalue weighted by molar-refractivity contribution is 0.103. The maximum atomic E-state index is 11.6. The molecule has 66 valence electrons. The number of hydrogen-bond acceptors (Lipinski definition) is 5. The van der Waals surface area contributed by atoms with Gasteiger partial charge in [0, 0.05) is 5.38 Å². The summed E-state index contributed by atoms with van der Waals surface area (Å²) in [5.41, 5.74) is 5.86. The van der Waals surface area contributed by atoms with Gasteiger partial charge in [-0.05, 0) is 11.4 Å². The lowest BCUT2D eigenvalue weighted by Gasteiger charge is -1.89. The normalized spacial score (nSPS) is 10.2. The van der Waals surface area contributed by atoms with Crippen molar-refractivity contribution in [3.63, 3.8) is 0 Å². The number of thiazole rings is 1. The minimum absolute atomic E-state index is 0.0528. The van der Waals surface area contributed by atoms with Crippen LogP contribution < -0.4 is 5.73 Å². The Bertz CT molecular complexity index is 419. The Labute approximate surface area is 82.9 Å². The van der Waals surface area contributed by atoms with Crippen LogP contribution in [0.4, 0.5) is 5.13 Å². The summed E-state index contributed by atoms with van der Waals surface area (Å²) in [6, 6.07) is 3.62. The summed E-state index contributed by atoms with van der Waals surface area (Å²) < 4.78 is 0. The highest BCUT2D eigenvalue weighted by Crippen LogP contribution is 2.17. The van der Waals surface area contributed by atoms with Gasteiger partial charge in [-0.25, -0.2) is 4.98 Å². The van der Waals surface area contributed by atoms with Gasteiger partial charge in [0.15, 0.2) is 5.13 Å². The quantitative estimate of drug-likeness (QED) is 0.771. The second-order valence-electron chi connectivity index (χ2n) is 2.38. The number of thiophene rings is 1. The first-order chi connectivity index (χ1) is 6.27. The van der Waals surface area contributed by atoms with Crippen LogP contribution in [-0.4, -0.2) is 10.8 Å². The molecule has 2 heterocycles. The summed E-state index contributed by atoms with van der Waals surface area (Å²) in [6.07, 6.45) is 0. The van der Waals surface area contributed by atoms with E-state index in [1.807, 2.05) is 11.4 Å². The zero-order valence-electron chi connectivity index (χ0n) is 6.56. The Morgan fingerprint density at radius 2 is 2.31 bits per heavy atom. The number of anilines is 1. The highest BCUT2D eigenvalue weighted by Gasteiger charge is 2.12. The molecule has 0 saturated carbocycles. The van der Waals surface area contributed by atoms with Crippen LogP contribution >= 0.6 is 22.7 Å². The van der Waals surface area contributed by atoms with Gasteiger partial charge in [-0.3, -0.25) is 4.79 Å². The molecular weight excluding hydrogens is 204 g/mol. The molecule has 2 N–H and O–H groups in total. The zero-order valence-corrected chi connectivity index (χ0v) is 8.19. The second kappa shape index (κ2) is 3.27. The van der Waals surface area contributed by atoms with Crippen LogP contribution in [0.2, 0.25) is 0 Å². The van der Waals surface area contributed by atoms with E-state index in [4.69, 9.17) is 5.73 Å². The highest BCUT2D eigenvalue weighted by atomic mass is 32.1. The largest absolute Gasteiger partial charge is 0.375 e. The lowest BCUT2D eigenvalue weighted by atomic mass is 10.3. The summed E-state index contributed by atoms with van der Waals surface area (Å²) in [7, 11) is 0. The van der Waals surface area contributed by atoms with Crippen LogP contribution in [0.1, 0.15) is 15.4 Å². The van der Waals surface area contributed by atoms with Crippen LogP contribution in [0, 0.1) is 0 Å². The number of hydrogen-bond donors (Lipinski definition) is 1. The summed E-state index contributed by atoms with van der Waals surface area (Å²) in [5.74, 6) is -0.0528. The number of nitrogen functional groups attached to an aromatic ring is 1. The number of carbonyl (C=O) groups is 1. The standard InChI is InChI=1S/C8H6N2OS2/c9-8-10-5(4-13-8)7(11)6-2-1-3-12-6/h1-4H,(H2,9,10). The molecule has 0 unspecified atom stereocenters. The summed E-state index contributed by atoms with van der Waals surface area (Å²) >= 11 is 2.69. The van der Waals surface area contributed by atoms with E-state index in [9.17, 15) is 4.79 Å². The first-order valence-electron chi connectivity index (χ1n) is 3.56. The predicted molar refractivity (Wildman–Crippen MR) is 54.3 cm³/mol. The molecule has 0 bridgehead atoms. The topological polar surface area (TPSA) is 56.0 Å². The molecule has 0 aromatic carbocycles. The fourth-order valence-corrected chi connectivity index (χ4v) is 2.14. The van der Waals surface area contributed by atoms with Gasteiger partial charge in [0.2, 0.25) is 5.78 Å². The molecule has 0 atom stereocenters. The van der Waals surface area contributed by atoms with E-state index in [-0.39, 0.29) is 5.78 Å². The van der Waals surface area contributed by atoms with E-state index in [1.54, 1.807) is 11.4 Å². The molecule has 0 fully saturated rings. The van der Waals surface area contributed by atoms with E-state index in [1.165, 1.54) is 22.7 Å². The smallest absolute Gasteiger partial charge is 0.222 e. The molecule has 2 aromatic rings. The average molecular weight is 210 g/mol. The second-order valence-corrected chi connectivity index (χ2v) is 4.21. The average Bonchev–Trinajstić information content (AvgIpc) is 2.72. The molecule has 0 aliphatic heterocycles. The van der Waals surface area contributed by atoms with Gasteiger partial charge in [-0.15, -0.1) is 22.7 Å². The van der Waals surface area contributed by atoms with E-state index in [0.717, 1.165) is 0 Å². The first-order valence-corrected chi connectivity index (χ1v) is 5.32. The number of nitrogens with two attached hydrogens (primary N) is 1. The maximum Gasteiger partial charge on any atom is 0.222 e. The van der Waals surface area contributed by atoms with E-state index in [0.29, 0.717) is 15.7 Å². The Hall–Kier alpha value is -1.20. The minimum atomic E-state index is -0.0528. The van der Waals surface area contributed by atoms with Crippen molar-refractivity contribution in [1.29, 1.82) is 0 Å². The summed E-state index contributed by atoms with van der Waals surface area (Å²) in [4.78, 5) is 16.2. The Morgan fingerprint density at radius 3 is 2.85 bits per heavy atom. The van der Waals surface area contributed by atoms with Crippen molar-refractivity contribution >= 4 is 33.6 Å². The molecule has 0 spiro atoms. The Morgan fingerprint density at radius 1 is 1.46 bits per heavy atom. The Balaban J connectivity index is 2.33. The predicted octanol–water partition coefficient (Wildman–Crippen LogP) is 2.02. The van der Waals surface area contributed by atoms with Crippen LogP contribution in [0.5, 0.6) is 0 Å². The van der Waals surface area contributed by atoms with Crippen molar-refractivity contribution in [3.05, 3.63) is 33.5 Å². The van der Waals surface area contributed by atoms with Crippen molar-refractivity contribution in [2.24, 2.45) is 0 Å².